The van der Waals surface area contributed by atoms with Crippen LogP contribution in [-0.2, 0) is 26.3 Å². The third kappa shape index (κ3) is 3.96. The molecule has 1 unspecified atom stereocenters. The standard InChI is InChI=1S/C22H22N2O5S/c1-3-28-22(25)19-14-24(30(26,27)23-15(19)2)13-16-7-6-9-17(11-16)21-12-18-8-4-5-10-20(18)29-21/h4-12,14-15,23H,3,13H2,1-2H3. The van der Waals surface area contributed by atoms with Gasteiger partial charge in [0.1, 0.15) is 11.3 Å². The Kier molecular flexibility index (Phi) is 5.36. The van der Waals surface area contributed by atoms with Gasteiger partial charge in [0.15, 0.2) is 0 Å². The van der Waals surface area contributed by atoms with Crippen LogP contribution in [0.4, 0.5) is 0 Å². The predicted molar refractivity (Wildman–Crippen MR) is 113 cm³/mol. The zero-order valence-electron chi connectivity index (χ0n) is 16.7. The van der Waals surface area contributed by atoms with Crippen molar-refractivity contribution < 1.29 is 22.4 Å². The van der Waals surface area contributed by atoms with Crippen LogP contribution in [0.15, 0.2) is 70.8 Å². The fourth-order valence-corrected chi connectivity index (χ4v) is 4.67. The van der Waals surface area contributed by atoms with Gasteiger partial charge in [-0.1, -0.05) is 36.4 Å². The molecule has 7 nitrogen and oxygen atoms in total. The van der Waals surface area contributed by atoms with E-state index in [1.165, 1.54) is 6.20 Å². The Morgan fingerprint density at radius 2 is 1.97 bits per heavy atom. The molecule has 2 heterocycles. The van der Waals surface area contributed by atoms with Crippen LogP contribution in [0.2, 0.25) is 0 Å². The molecule has 156 valence electrons. The Morgan fingerprint density at radius 3 is 2.73 bits per heavy atom. The summed E-state index contributed by atoms with van der Waals surface area (Å²) in [7, 11) is -3.77. The molecule has 30 heavy (non-hydrogen) atoms. The Balaban J connectivity index is 1.64. The van der Waals surface area contributed by atoms with Gasteiger partial charge in [-0.3, -0.25) is 4.31 Å². The van der Waals surface area contributed by atoms with E-state index in [0.717, 1.165) is 26.4 Å². The van der Waals surface area contributed by atoms with Crippen molar-refractivity contribution in [2.75, 3.05) is 6.61 Å². The lowest BCUT2D eigenvalue weighted by molar-refractivity contribution is -0.138. The van der Waals surface area contributed by atoms with Crippen molar-refractivity contribution in [3.05, 3.63) is 71.9 Å². The number of carbonyl (C=O) groups is 1. The van der Waals surface area contributed by atoms with E-state index < -0.39 is 22.2 Å². The van der Waals surface area contributed by atoms with E-state index >= 15 is 0 Å². The van der Waals surface area contributed by atoms with Crippen molar-refractivity contribution in [3.8, 4) is 11.3 Å². The molecule has 0 spiro atoms. The van der Waals surface area contributed by atoms with Gasteiger partial charge in [-0.2, -0.15) is 13.1 Å². The first-order valence-electron chi connectivity index (χ1n) is 9.63. The summed E-state index contributed by atoms with van der Waals surface area (Å²) in [6.45, 7) is 3.60. The van der Waals surface area contributed by atoms with Crippen molar-refractivity contribution >= 4 is 27.1 Å². The molecule has 2 aromatic carbocycles. The number of para-hydroxylation sites is 1. The van der Waals surface area contributed by atoms with Crippen LogP contribution in [0.25, 0.3) is 22.3 Å². The number of rotatable bonds is 5. The maximum absolute atomic E-state index is 12.6. The second-order valence-corrected chi connectivity index (χ2v) is 8.70. The van der Waals surface area contributed by atoms with Crippen LogP contribution in [0.5, 0.6) is 0 Å². The van der Waals surface area contributed by atoms with Gasteiger partial charge in [-0.25, -0.2) is 4.79 Å². The minimum atomic E-state index is -3.77. The first-order chi connectivity index (χ1) is 14.4. The molecule has 0 aliphatic carbocycles. The average Bonchev–Trinajstić information content (AvgIpc) is 3.14. The zero-order valence-corrected chi connectivity index (χ0v) is 17.5. The lowest BCUT2D eigenvalue weighted by atomic mass is 10.1. The van der Waals surface area contributed by atoms with E-state index in [2.05, 4.69) is 4.72 Å². The Hall–Kier alpha value is -3.10. The number of furan rings is 1. The van der Waals surface area contributed by atoms with Crippen molar-refractivity contribution in [1.82, 2.24) is 9.03 Å². The lowest BCUT2D eigenvalue weighted by Gasteiger charge is -2.30. The number of ether oxygens (including phenoxy) is 1. The predicted octanol–water partition coefficient (Wildman–Crippen LogP) is 3.59. The number of esters is 1. The summed E-state index contributed by atoms with van der Waals surface area (Å²) in [4.78, 5) is 12.2. The smallest absolute Gasteiger partial charge is 0.337 e. The number of carbonyl (C=O) groups excluding carboxylic acids is 1. The molecule has 0 fully saturated rings. The zero-order chi connectivity index (χ0) is 21.3. The molecule has 1 aromatic heterocycles. The summed E-state index contributed by atoms with van der Waals surface area (Å²) >= 11 is 0. The number of nitrogens with one attached hydrogen (secondary N) is 1. The quantitative estimate of drug-likeness (QED) is 0.630. The van der Waals surface area contributed by atoms with E-state index in [1.807, 2.05) is 54.6 Å². The SMILES string of the molecule is CCOC(=O)C1=CN(Cc2cccc(-c3cc4ccccc4o3)c2)S(=O)(=O)NC1C. The Labute approximate surface area is 175 Å². The van der Waals surface area contributed by atoms with Crippen LogP contribution in [0, 0.1) is 0 Å². The first-order valence-corrected chi connectivity index (χ1v) is 11.1. The van der Waals surface area contributed by atoms with Crippen LogP contribution < -0.4 is 4.72 Å². The minimum Gasteiger partial charge on any atom is -0.463 e. The minimum absolute atomic E-state index is 0.0685. The summed E-state index contributed by atoms with van der Waals surface area (Å²) in [5.41, 5.74) is 2.65. The number of hydrogen-bond donors (Lipinski definition) is 1. The topological polar surface area (TPSA) is 88.8 Å². The fraction of sp³-hybridized carbons (Fsp3) is 0.227. The Bertz CT molecular complexity index is 1200. The summed E-state index contributed by atoms with van der Waals surface area (Å²) < 4.78 is 39.8. The highest BCUT2D eigenvalue weighted by molar-refractivity contribution is 7.87. The number of hydrogen-bond acceptors (Lipinski definition) is 5. The highest BCUT2D eigenvalue weighted by atomic mass is 32.2. The molecule has 1 N–H and O–H groups in total. The fourth-order valence-electron chi connectivity index (χ4n) is 3.39. The largest absolute Gasteiger partial charge is 0.463 e. The summed E-state index contributed by atoms with van der Waals surface area (Å²) in [6, 6.07) is 16.5. The third-order valence-electron chi connectivity index (χ3n) is 4.87. The van der Waals surface area contributed by atoms with E-state index in [0.29, 0.717) is 5.76 Å². The highest BCUT2D eigenvalue weighted by Gasteiger charge is 2.33. The molecule has 1 aliphatic rings. The molecule has 1 atom stereocenters. The maximum atomic E-state index is 12.6. The monoisotopic (exact) mass is 426 g/mol. The van der Waals surface area contributed by atoms with Gasteiger partial charge >= 0.3 is 16.2 Å². The van der Waals surface area contributed by atoms with Crippen molar-refractivity contribution in [1.29, 1.82) is 0 Å². The number of nitrogens with zero attached hydrogens (tertiary/aromatic N) is 1. The summed E-state index contributed by atoms with van der Waals surface area (Å²) in [5, 5.41) is 0.997. The molecule has 3 aromatic rings. The molecule has 4 rings (SSSR count). The highest BCUT2D eigenvalue weighted by Crippen LogP contribution is 2.29. The van der Waals surface area contributed by atoms with Crippen LogP contribution in [0.1, 0.15) is 19.4 Å². The summed E-state index contributed by atoms with van der Waals surface area (Å²) in [6.07, 6.45) is 1.35. The van der Waals surface area contributed by atoms with E-state index in [9.17, 15) is 13.2 Å². The normalized spacial score (nSPS) is 18.3. The van der Waals surface area contributed by atoms with Gasteiger partial charge in [0.25, 0.3) is 0 Å². The lowest BCUT2D eigenvalue weighted by Crippen LogP contribution is -2.48. The van der Waals surface area contributed by atoms with Crippen LogP contribution in [0.3, 0.4) is 0 Å². The molecule has 0 saturated carbocycles. The van der Waals surface area contributed by atoms with Crippen LogP contribution in [-0.4, -0.2) is 31.3 Å². The molecular formula is C22H22N2O5S. The van der Waals surface area contributed by atoms with E-state index in [-0.39, 0.29) is 18.7 Å². The molecule has 1 aliphatic heterocycles. The van der Waals surface area contributed by atoms with Gasteiger partial charge in [-0.15, -0.1) is 0 Å². The van der Waals surface area contributed by atoms with E-state index in [4.69, 9.17) is 9.15 Å². The van der Waals surface area contributed by atoms with Crippen molar-refractivity contribution in [2.24, 2.45) is 0 Å². The Morgan fingerprint density at radius 1 is 1.17 bits per heavy atom. The van der Waals surface area contributed by atoms with Gasteiger partial charge in [-0.05, 0) is 37.6 Å². The van der Waals surface area contributed by atoms with Gasteiger partial charge < -0.3 is 9.15 Å². The molecule has 0 amide bonds. The van der Waals surface area contributed by atoms with Crippen LogP contribution >= 0.6 is 0 Å². The van der Waals surface area contributed by atoms with Crippen molar-refractivity contribution in [3.63, 3.8) is 0 Å². The molecule has 0 saturated heterocycles. The number of benzene rings is 2. The average molecular weight is 426 g/mol. The second kappa shape index (κ2) is 7.97. The second-order valence-electron chi connectivity index (χ2n) is 7.04. The summed E-state index contributed by atoms with van der Waals surface area (Å²) in [5.74, 6) is 0.169. The molecular weight excluding hydrogens is 404 g/mol. The van der Waals surface area contributed by atoms with Crippen molar-refractivity contribution in [2.45, 2.75) is 26.4 Å². The van der Waals surface area contributed by atoms with Gasteiger partial charge in [0.05, 0.1) is 24.8 Å². The van der Waals surface area contributed by atoms with E-state index in [1.54, 1.807) is 13.8 Å². The molecule has 8 heteroatoms. The van der Waals surface area contributed by atoms with Gasteiger partial charge in [0, 0.05) is 17.1 Å². The van der Waals surface area contributed by atoms with Gasteiger partial charge in [0.2, 0.25) is 0 Å². The maximum Gasteiger partial charge on any atom is 0.337 e. The molecule has 0 bridgehead atoms. The number of fused-ring (bicyclic) bond motifs is 1. The third-order valence-corrected chi connectivity index (χ3v) is 6.37. The first kappa shape index (κ1) is 20.2. The molecule has 0 radical (unpaired) electrons.